The molecule has 33 heavy (non-hydrogen) atoms. The van der Waals surface area contributed by atoms with Crippen molar-refractivity contribution in [2.75, 3.05) is 38.6 Å². The number of nitrogens with zero attached hydrogens (tertiary/aromatic N) is 3. The SMILES string of the molecule is CCCN1C(=O)[C@@]2(C(=C(O)c3ccc(F)cc3)C(=O)C(=O)N2CCN(C)C)c2ccccc21. The standard InChI is InChI=1S/C25H26FN3O4/c1-4-13-28-19-8-6-5-7-18(19)25(24(28)33)20(21(30)16-9-11-17(26)12-10-16)22(31)23(32)29(25)15-14-27(2)3/h5-12,30H,4,13-15H2,1-3H3/t25-/m0/s1. The fraction of sp³-hybridized carbons (Fsp3) is 0.320. The minimum Gasteiger partial charge on any atom is -0.507 e. The average Bonchev–Trinajstić information content (AvgIpc) is 3.16. The predicted molar refractivity (Wildman–Crippen MR) is 122 cm³/mol. The third kappa shape index (κ3) is 3.33. The van der Waals surface area contributed by atoms with Crippen molar-refractivity contribution < 1.29 is 23.9 Å². The summed E-state index contributed by atoms with van der Waals surface area (Å²) in [4.78, 5) is 45.4. The second-order valence-corrected chi connectivity index (χ2v) is 8.50. The number of anilines is 1. The van der Waals surface area contributed by atoms with E-state index in [4.69, 9.17) is 0 Å². The van der Waals surface area contributed by atoms with Crippen LogP contribution in [0.2, 0.25) is 0 Å². The molecule has 7 nitrogen and oxygen atoms in total. The van der Waals surface area contributed by atoms with Crippen molar-refractivity contribution in [3.8, 4) is 0 Å². The molecule has 1 atom stereocenters. The normalized spacial score (nSPS) is 21.5. The predicted octanol–water partition coefficient (Wildman–Crippen LogP) is 2.72. The van der Waals surface area contributed by atoms with Crippen molar-refractivity contribution in [3.05, 3.63) is 71.0 Å². The molecule has 1 fully saturated rings. The molecule has 2 aromatic carbocycles. The van der Waals surface area contributed by atoms with E-state index in [1.54, 1.807) is 29.2 Å². The van der Waals surface area contributed by atoms with E-state index in [-0.39, 0.29) is 17.7 Å². The van der Waals surface area contributed by atoms with Gasteiger partial charge >= 0.3 is 0 Å². The number of Topliss-reactive ketones (excluding diaryl/α,β-unsaturated/α-hetero) is 1. The zero-order chi connectivity index (χ0) is 23.9. The first kappa shape index (κ1) is 22.7. The molecule has 0 radical (unpaired) electrons. The lowest BCUT2D eigenvalue weighted by molar-refractivity contribution is -0.143. The van der Waals surface area contributed by atoms with Gasteiger partial charge in [0.05, 0.1) is 11.3 Å². The maximum absolute atomic E-state index is 14.1. The van der Waals surface area contributed by atoms with Crippen molar-refractivity contribution in [1.82, 2.24) is 9.80 Å². The topological polar surface area (TPSA) is 81.2 Å². The van der Waals surface area contributed by atoms with Gasteiger partial charge in [-0.2, -0.15) is 0 Å². The van der Waals surface area contributed by atoms with E-state index < -0.39 is 34.7 Å². The smallest absolute Gasteiger partial charge is 0.296 e. The number of likely N-dealkylation sites (N-methyl/N-ethyl adjacent to an activating group) is 1. The molecule has 0 bridgehead atoms. The number of para-hydroxylation sites is 1. The largest absolute Gasteiger partial charge is 0.507 e. The van der Waals surface area contributed by atoms with Gasteiger partial charge in [0.2, 0.25) is 0 Å². The molecule has 0 aliphatic carbocycles. The number of carbonyl (C=O) groups excluding carboxylic acids is 3. The van der Waals surface area contributed by atoms with Crippen LogP contribution in [-0.4, -0.2) is 66.2 Å². The van der Waals surface area contributed by atoms with Gasteiger partial charge in [-0.1, -0.05) is 25.1 Å². The van der Waals surface area contributed by atoms with Crippen LogP contribution in [0.15, 0.2) is 54.1 Å². The number of likely N-dealkylation sites (tertiary alicyclic amines) is 1. The molecule has 2 heterocycles. The van der Waals surface area contributed by atoms with Crippen molar-refractivity contribution >= 4 is 29.0 Å². The van der Waals surface area contributed by atoms with Gasteiger partial charge in [-0.15, -0.1) is 0 Å². The summed E-state index contributed by atoms with van der Waals surface area (Å²) in [7, 11) is 3.66. The molecule has 1 saturated heterocycles. The fourth-order valence-electron chi connectivity index (χ4n) is 4.66. The van der Waals surface area contributed by atoms with E-state index in [2.05, 4.69) is 0 Å². The van der Waals surface area contributed by atoms with E-state index in [9.17, 15) is 23.9 Å². The molecule has 2 aromatic rings. The highest BCUT2D eigenvalue weighted by Gasteiger charge is 2.66. The lowest BCUT2D eigenvalue weighted by Crippen LogP contribution is -2.53. The van der Waals surface area contributed by atoms with Gasteiger partial charge in [0.15, 0.2) is 5.54 Å². The van der Waals surface area contributed by atoms with Crippen LogP contribution in [0.5, 0.6) is 0 Å². The van der Waals surface area contributed by atoms with Gasteiger partial charge in [0.1, 0.15) is 11.6 Å². The number of hydrogen-bond acceptors (Lipinski definition) is 5. The summed E-state index contributed by atoms with van der Waals surface area (Å²) in [6, 6.07) is 12.0. The fourth-order valence-corrected chi connectivity index (χ4v) is 4.66. The number of ketones is 1. The van der Waals surface area contributed by atoms with Gasteiger partial charge in [-0.3, -0.25) is 14.4 Å². The minimum absolute atomic E-state index is 0.109. The Kier molecular flexibility index (Phi) is 5.80. The second kappa shape index (κ2) is 8.44. The average molecular weight is 451 g/mol. The van der Waals surface area contributed by atoms with Crippen LogP contribution in [0.25, 0.3) is 5.76 Å². The second-order valence-electron chi connectivity index (χ2n) is 8.50. The van der Waals surface area contributed by atoms with Gasteiger partial charge in [0.25, 0.3) is 17.6 Å². The first-order valence-corrected chi connectivity index (χ1v) is 10.9. The molecule has 0 unspecified atom stereocenters. The summed E-state index contributed by atoms with van der Waals surface area (Å²) in [6.45, 7) is 2.85. The molecule has 1 N–H and O–H groups in total. The number of benzene rings is 2. The number of rotatable bonds is 6. The van der Waals surface area contributed by atoms with Gasteiger partial charge < -0.3 is 19.8 Å². The molecule has 0 aromatic heterocycles. The molecule has 0 saturated carbocycles. The van der Waals surface area contributed by atoms with Crippen LogP contribution < -0.4 is 4.90 Å². The Bertz CT molecular complexity index is 1160. The first-order valence-electron chi connectivity index (χ1n) is 10.9. The highest BCUT2D eigenvalue weighted by molar-refractivity contribution is 6.50. The lowest BCUT2D eigenvalue weighted by Gasteiger charge is -2.35. The van der Waals surface area contributed by atoms with Gasteiger partial charge in [-0.05, 0) is 50.8 Å². The number of carbonyl (C=O) groups is 3. The van der Waals surface area contributed by atoms with E-state index in [1.165, 1.54) is 17.0 Å². The number of fused-ring (bicyclic) bond motifs is 2. The van der Waals surface area contributed by atoms with Gasteiger partial charge in [0, 0.05) is 30.8 Å². The van der Waals surface area contributed by atoms with Gasteiger partial charge in [-0.25, -0.2) is 4.39 Å². The number of amides is 2. The molecule has 4 rings (SSSR count). The Morgan fingerprint density at radius 1 is 1.03 bits per heavy atom. The maximum Gasteiger partial charge on any atom is 0.296 e. The number of halogens is 1. The third-order valence-corrected chi connectivity index (χ3v) is 6.14. The maximum atomic E-state index is 14.1. The number of aliphatic hydroxyl groups excluding tert-OH is 1. The summed E-state index contributed by atoms with van der Waals surface area (Å²) in [5, 5.41) is 11.3. The van der Waals surface area contributed by atoms with Crippen LogP contribution in [0.4, 0.5) is 10.1 Å². The Balaban J connectivity index is 2.04. The zero-order valence-electron chi connectivity index (χ0n) is 18.8. The van der Waals surface area contributed by atoms with Crippen LogP contribution in [0, 0.1) is 5.82 Å². The molecule has 2 amide bonds. The lowest BCUT2D eigenvalue weighted by atomic mass is 9.82. The number of hydrogen-bond donors (Lipinski definition) is 1. The van der Waals surface area contributed by atoms with Crippen LogP contribution in [0.1, 0.15) is 24.5 Å². The quantitative estimate of drug-likeness (QED) is 0.415. The van der Waals surface area contributed by atoms with Crippen molar-refractivity contribution in [2.45, 2.75) is 18.9 Å². The van der Waals surface area contributed by atoms with E-state index in [0.717, 1.165) is 12.1 Å². The Morgan fingerprint density at radius 2 is 1.70 bits per heavy atom. The first-order chi connectivity index (χ1) is 15.7. The Hall–Kier alpha value is -3.52. The third-order valence-electron chi connectivity index (χ3n) is 6.14. The van der Waals surface area contributed by atoms with E-state index >= 15 is 0 Å². The van der Waals surface area contributed by atoms with E-state index in [1.807, 2.05) is 25.9 Å². The van der Waals surface area contributed by atoms with Crippen LogP contribution in [0.3, 0.4) is 0 Å². The molecule has 2 aliphatic rings. The van der Waals surface area contributed by atoms with Crippen LogP contribution >= 0.6 is 0 Å². The molecule has 8 heteroatoms. The van der Waals surface area contributed by atoms with E-state index in [0.29, 0.717) is 30.8 Å². The molecule has 1 spiro atoms. The minimum atomic E-state index is -1.78. The zero-order valence-corrected chi connectivity index (χ0v) is 18.8. The van der Waals surface area contributed by atoms with Crippen molar-refractivity contribution in [1.29, 1.82) is 0 Å². The Labute approximate surface area is 191 Å². The molecule has 2 aliphatic heterocycles. The molecule has 172 valence electrons. The monoisotopic (exact) mass is 451 g/mol. The molecular formula is C25H26FN3O4. The summed E-state index contributed by atoms with van der Waals surface area (Å²) >= 11 is 0. The summed E-state index contributed by atoms with van der Waals surface area (Å²) in [6.07, 6.45) is 0.665. The number of aliphatic hydroxyl groups is 1. The van der Waals surface area contributed by atoms with Crippen molar-refractivity contribution in [2.24, 2.45) is 0 Å². The highest BCUT2D eigenvalue weighted by Crippen LogP contribution is 2.53. The molecular weight excluding hydrogens is 425 g/mol. The summed E-state index contributed by atoms with van der Waals surface area (Å²) in [5.41, 5.74) is -0.834. The van der Waals surface area contributed by atoms with Crippen LogP contribution in [-0.2, 0) is 19.9 Å². The highest BCUT2D eigenvalue weighted by atomic mass is 19.1. The van der Waals surface area contributed by atoms with Crippen molar-refractivity contribution in [3.63, 3.8) is 0 Å². The Morgan fingerprint density at radius 3 is 2.33 bits per heavy atom. The summed E-state index contributed by atoms with van der Waals surface area (Å²) < 4.78 is 13.5. The summed E-state index contributed by atoms with van der Waals surface area (Å²) in [5.74, 6) is -3.24.